The van der Waals surface area contributed by atoms with Crippen LogP contribution in [0.25, 0.3) is 10.2 Å². The van der Waals surface area contributed by atoms with Crippen molar-refractivity contribution in [2.24, 2.45) is 0 Å². The monoisotopic (exact) mass is 350 g/mol. The standard InChI is InChI=1S/C17H26N4O2S/c1-6-12(9-23-5)20-15-13-11(4)14(17(22)21(7-2)8-3)24-16(13)19-10-18-15/h10,12H,6-9H2,1-5H3,(H,18,19,20). The van der Waals surface area contributed by atoms with E-state index >= 15 is 0 Å². The molecular weight excluding hydrogens is 324 g/mol. The van der Waals surface area contributed by atoms with Crippen LogP contribution < -0.4 is 5.32 Å². The Bertz CT molecular complexity index is 697. The van der Waals surface area contributed by atoms with Gasteiger partial charge in [-0.1, -0.05) is 6.92 Å². The molecule has 0 aliphatic heterocycles. The minimum atomic E-state index is 0.0652. The molecule has 2 aromatic heterocycles. The van der Waals surface area contributed by atoms with Crippen LogP contribution in [0.1, 0.15) is 42.4 Å². The third-order valence-corrected chi connectivity index (χ3v) is 5.36. The number of carbonyl (C=O) groups excluding carboxylic acids is 1. The van der Waals surface area contributed by atoms with E-state index in [1.807, 2.05) is 25.7 Å². The Labute approximate surface area is 147 Å². The summed E-state index contributed by atoms with van der Waals surface area (Å²) in [5, 5.41) is 4.37. The van der Waals surface area contributed by atoms with E-state index in [1.54, 1.807) is 13.4 Å². The predicted molar refractivity (Wildman–Crippen MR) is 99.0 cm³/mol. The zero-order valence-electron chi connectivity index (χ0n) is 15.0. The fourth-order valence-electron chi connectivity index (χ4n) is 2.70. The molecule has 0 aromatic carbocycles. The number of hydrogen-bond acceptors (Lipinski definition) is 6. The second-order valence-corrected chi connectivity index (χ2v) is 6.64. The molecule has 0 saturated carbocycles. The van der Waals surface area contributed by atoms with Gasteiger partial charge in [0.2, 0.25) is 0 Å². The maximum Gasteiger partial charge on any atom is 0.264 e. The Balaban J connectivity index is 2.44. The highest BCUT2D eigenvalue weighted by Crippen LogP contribution is 2.34. The maximum atomic E-state index is 12.7. The van der Waals surface area contributed by atoms with Gasteiger partial charge in [-0.2, -0.15) is 0 Å². The van der Waals surface area contributed by atoms with Gasteiger partial charge in [0, 0.05) is 20.2 Å². The van der Waals surface area contributed by atoms with Crippen molar-refractivity contribution < 1.29 is 9.53 Å². The number of hydrogen-bond donors (Lipinski definition) is 1. The van der Waals surface area contributed by atoms with Crippen LogP contribution in [-0.2, 0) is 4.74 Å². The lowest BCUT2D eigenvalue weighted by atomic mass is 10.1. The first kappa shape index (κ1) is 18.6. The van der Waals surface area contributed by atoms with Crippen molar-refractivity contribution >= 4 is 33.3 Å². The number of nitrogens with one attached hydrogen (secondary N) is 1. The summed E-state index contributed by atoms with van der Waals surface area (Å²) in [5.74, 6) is 0.839. The van der Waals surface area contributed by atoms with Gasteiger partial charge in [-0.3, -0.25) is 4.79 Å². The van der Waals surface area contributed by atoms with Gasteiger partial charge in [0.15, 0.2) is 0 Å². The molecule has 0 spiro atoms. The number of methoxy groups -OCH3 is 1. The molecule has 7 heteroatoms. The summed E-state index contributed by atoms with van der Waals surface area (Å²) in [6.07, 6.45) is 2.47. The van der Waals surface area contributed by atoms with E-state index in [2.05, 4.69) is 22.2 Å². The third kappa shape index (κ3) is 3.67. The van der Waals surface area contributed by atoms with E-state index in [-0.39, 0.29) is 11.9 Å². The highest BCUT2D eigenvalue weighted by Gasteiger charge is 2.22. The van der Waals surface area contributed by atoms with Gasteiger partial charge in [-0.15, -0.1) is 11.3 Å². The Morgan fingerprint density at radius 3 is 2.62 bits per heavy atom. The lowest BCUT2D eigenvalue weighted by Gasteiger charge is -2.18. The number of aromatic nitrogens is 2. The molecule has 0 saturated heterocycles. The number of carbonyl (C=O) groups is 1. The molecule has 6 nitrogen and oxygen atoms in total. The Morgan fingerprint density at radius 2 is 2.04 bits per heavy atom. The van der Waals surface area contributed by atoms with Gasteiger partial charge in [-0.25, -0.2) is 9.97 Å². The summed E-state index contributed by atoms with van der Waals surface area (Å²) >= 11 is 1.44. The molecule has 2 heterocycles. The number of fused-ring (bicyclic) bond motifs is 1. The Kier molecular flexibility index (Phi) is 6.51. The number of thiophene rings is 1. The summed E-state index contributed by atoms with van der Waals surface area (Å²) in [5.41, 5.74) is 0.947. The molecule has 132 valence electrons. The average Bonchev–Trinajstić information content (AvgIpc) is 2.93. The Morgan fingerprint density at radius 1 is 1.33 bits per heavy atom. The van der Waals surface area contributed by atoms with Crippen molar-refractivity contribution in [3.63, 3.8) is 0 Å². The predicted octanol–water partition coefficient (Wildman–Crippen LogP) is 3.32. The molecule has 1 atom stereocenters. The second kappa shape index (κ2) is 8.39. The van der Waals surface area contributed by atoms with E-state index in [0.717, 1.165) is 32.9 Å². The van der Waals surface area contributed by atoms with E-state index < -0.39 is 0 Å². The lowest BCUT2D eigenvalue weighted by molar-refractivity contribution is 0.0777. The number of anilines is 1. The molecule has 2 rings (SSSR count). The Hall–Kier alpha value is -1.73. The number of ether oxygens (including phenoxy) is 1. The molecular formula is C17H26N4O2S. The highest BCUT2D eigenvalue weighted by atomic mass is 32.1. The van der Waals surface area contributed by atoms with Crippen LogP contribution in [0, 0.1) is 6.92 Å². The lowest BCUT2D eigenvalue weighted by Crippen LogP contribution is -2.30. The van der Waals surface area contributed by atoms with Crippen LogP contribution in [0.15, 0.2) is 6.33 Å². The first-order valence-electron chi connectivity index (χ1n) is 8.36. The van der Waals surface area contributed by atoms with Crippen molar-refractivity contribution in [1.29, 1.82) is 0 Å². The number of nitrogens with zero attached hydrogens (tertiary/aromatic N) is 3. The van der Waals surface area contributed by atoms with Gasteiger partial charge in [-0.05, 0) is 32.8 Å². The van der Waals surface area contributed by atoms with Crippen molar-refractivity contribution in [2.45, 2.75) is 40.2 Å². The first-order valence-corrected chi connectivity index (χ1v) is 9.17. The normalized spacial score (nSPS) is 12.4. The molecule has 24 heavy (non-hydrogen) atoms. The fourth-order valence-corrected chi connectivity index (χ4v) is 3.81. The number of amides is 1. The van der Waals surface area contributed by atoms with E-state index in [0.29, 0.717) is 19.7 Å². The van der Waals surface area contributed by atoms with E-state index in [9.17, 15) is 4.79 Å². The van der Waals surface area contributed by atoms with Gasteiger partial charge in [0.05, 0.1) is 22.9 Å². The number of rotatable bonds is 8. The van der Waals surface area contributed by atoms with Crippen molar-refractivity contribution in [3.8, 4) is 0 Å². The molecule has 1 amide bonds. The van der Waals surface area contributed by atoms with E-state index in [4.69, 9.17) is 4.74 Å². The minimum absolute atomic E-state index is 0.0652. The van der Waals surface area contributed by atoms with E-state index in [1.165, 1.54) is 11.3 Å². The molecule has 2 aromatic rings. The zero-order valence-corrected chi connectivity index (χ0v) is 15.9. The van der Waals surface area contributed by atoms with Crippen molar-refractivity contribution in [2.75, 3.05) is 32.1 Å². The van der Waals surface area contributed by atoms with Crippen LogP contribution in [0.2, 0.25) is 0 Å². The zero-order chi connectivity index (χ0) is 17.7. The summed E-state index contributed by atoms with van der Waals surface area (Å²) < 4.78 is 5.25. The topological polar surface area (TPSA) is 67.3 Å². The van der Waals surface area contributed by atoms with Crippen LogP contribution in [-0.4, -0.2) is 53.6 Å². The smallest absolute Gasteiger partial charge is 0.264 e. The molecule has 0 radical (unpaired) electrons. The van der Waals surface area contributed by atoms with Crippen LogP contribution in [0.3, 0.4) is 0 Å². The minimum Gasteiger partial charge on any atom is -0.383 e. The summed E-state index contributed by atoms with van der Waals surface area (Å²) in [6, 6.07) is 0.175. The van der Waals surface area contributed by atoms with Crippen molar-refractivity contribution in [3.05, 3.63) is 16.8 Å². The highest BCUT2D eigenvalue weighted by molar-refractivity contribution is 7.20. The average molecular weight is 350 g/mol. The van der Waals surface area contributed by atoms with Gasteiger partial charge >= 0.3 is 0 Å². The molecule has 0 bridgehead atoms. The van der Waals surface area contributed by atoms with Gasteiger partial charge in [0.25, 0.3) is 5.91 Å². The summed E-state index contributed by atoms with van der Waals surface area (Å²) in [7, 11) is 1.69. The van der Waals surface area contributed by atoms with Crippen LogP contribution in [0.5, 0.6) is 0 Å². The quantitative estimate of drug-likeness (QED) is 0.791. The SMILES string of the molecule is CCC(COC)Nc1ncnc2sc(C(=O)N(CC)CC)c(C)c12. The maximum absolute atomic E-state index is 12.7. The number of aryl methyl sites for hydroxylation is 1. The molecule has 1 unspecified atom stereocenters. The second-order valence-electron chi connectivity index (χ2n) is 5.64. The third-order valence-electron chi connectivity index (χ3n) is 4.17. The summed E-state index contributed by atoms with van der Waals surface area (Å²) in [4.78, 5) is 24.9. The van der Waals surface area contributed by atoms with Crippen molar-refractivity contribution in [1.82, 2.24) is 14.9 Å². The van der Waals surface area contributed by atoms with Crippen LogP contribution in [0.4, 0.5) is 5.82 Å². The van der Waals surface area contributed by atoms with Crippen LogP contribution >= 0.6 is 11.3 Å². The summed E-state index contributed by atoms with van der Waals surface area (Å²) in [6.45, 7) is 10.1. The van der Waals surface area contributed by atoms with Gasteiger partial charge < -0.3 is 15.0 Å². The fraction of sp³-hybridized carbons (Fsp3) is 0.588. The molecule has 1 N–H and O–H groups in total. The molecule has 0 fully saturated rings. The molecule has 0 aliphatic rings. The van der Waals surface area contributed by atoms with Gasteiger partial charge in [0.1, 0.15) is 17.0 Å². The molecule has 0 aliphatic carbocycles. The first-order chi connectivity index (χ1) is 11.6. The largest absolute Gasteiger partial charge is 0.383 e.